The van der Waals surface area contributed by atoms with Gasteiger partial charge in [-0.2, -0.15) is 5.10 Å². The normalized spacial score (nSPS) is 12.4. The molecule has 1 aromatic heterocycles. The van der Waals surface area contributed by atoms with Crippen molar-refractivity contribution in [3.8, 4) is 5.75 Å². The van der Waals surface area contributed by atoms with Gasteiger partial charge in [0.05, 0.1) is 24.7 Å². The molecule has 3 aromatic rings. The molecule has 1 amide bonds. The molecule has 0 unspecified atom stereocenters. The smallest absolute Gasteiger partial charge is 0.255 e. The van der Waals surface area contributed by atoms with E-state index in [4.69, 9.17) is 16.3 Å². The number of anilines is 2. The molecule has 0 aliphatic carbocycles. The van der Waals surface area contributed by atoms with E-state index in [2.05, 4.69) is 57.3 Å². The zero-order chi connectivity index (χ0) is 30.7. The van der Waals surface area contributed by atoms with Crippen LogP contribution in [0.5, 0.6) is 5.75 Å². The Kier molecular flexibility index (Phi) is 9.56. The van der Waals surface area contributed by atoms with Crippen LogP contribution in [0.3, 0.4) is 0 Å². The third-order valence-electron chi connectivity index (χ3n) is 6.98. The van der Waals surface area contributed by atoms with E-state index in [-0.39, 0.29) is 16.7 Å². The van der Waals surface area contributed by atoms with E-state index < -0.39 is 0 Å². The Hall–Kier alpha value is -3.82. The number of aryl methyl sites for hydroxylation is 2. The number of methoxy groups -OCH3 is 1. The molecule has 9 heteroatoms. The standard InChI is InChI=1S/C32H47N7O2/c1-20-11-12-22(14-28(20)39(34)18-27(33)25-17-36-38(9)21(25)2)30(40)37-24-13-23(16-35-19-31(3,4)5)29(41-10)26(15-24)32(6,7)8/h11-15,17-18,35H,16,19,33-34H2,1-10H3,(H,37,40)/b27-18-. The van der Waals surface area contributed by atoms with Crippen molar-refractivity contribution in [2.75, 3.05) is 24.0 Å². The lowest BCUT2D eigenvalue weighted by atomic mass is 9.84. The van der Waals surface area contributed by atoms with Crippen molar-refractivity contribution in [2.45, 2.75) is 67.3 Å². The molecule has 0 saturated heterocycles. The van der Waals surface area contributed by atoms with Crippen LogP contribution < -0.4 is 32.0 Å². The van der Waals surface area contributed by atoms with Crippen LogP contribution in [0.25, 0.3) is 5.70 Å². The maximum absolute atomic E-state index is 13.5. The number of rotatable bonds is 9. The number of hydrogen-bond acceptors (Lipinski definition) is 7. The Morgan fingerprint density at radius 1 is 1.12 bits per heavy atom. The molecule has 6 N–H and O–H groups in total. The minimum Gasteiger partial charge on any atom is -0.496 e. The number of amides is 1. The van der Waals surface area contributed by atoms with Crippen molar-refractivity contribution in [3.63, 3.8) is 0 Å². The fraction of sp³-hybridized carbons (Fsp3) is 0.438. The lowest BCUT2D eigenvalue weighted by Crippen LogP contribution is -2.27. The van der Waals surface area contributed by atoms with Gasteiger partial charge in [-0.05, 0) is 54.5 Å². The second kappa shape index (κ2) is 12.4. The molecule has 1 heterocycles. The first-order chi connectivity index (χ1) is 19.0. The van der Waals surface area contributed by atoms with Gasteiger partial charge < -0.3 is 21.1 Å². The van der Waals surface area contributed by atoms with Crippen LogP contribution in [0.2, 0.25) is 0 Å². The maximum Gasteiger partial charge on any atom is 0.255 e. The average Bonchev–Trinajstić information content (AvgIpc) is 3.20. The lowest BCUT2D eigenvalue weighted by Gasteiger charge is -2.26. The van der Waals surface area contributed by atoms with Gasteiger partial charge >= 0.3 is 0 Å². The lowest BCUT2D eigenvalue weighted by molar-refractivity contribution is 0.102. The predicted octanol–water partition coefficient (Wildman–Crippen LogP) is 5.37. The highest BCUT2D eigenvalue weighted by Gasteiger charge is 2.24. The summed E-state index contributed by atoms with van der Waals surface area (Å²) >= 11 is 0. The van der Waals surface area contributed by atoms with E-state index in [1.165, 1.54) is 5.01 Å². The van der Waals surface area contributed by atoms with Crippen molar-refractivity contribution in [2.24, 2.45) is 24.0 Å². The number of nitrogens with one attached hydrogen (secondary N) is 2. The van der Waals surface area contributed by atoms with Crippen molar-refractivity contribution >= 4 is 23.0 Å². The molecule has 0 aliphatic heterocycles. The highest BCUT2D eigenvalue weighted by Crippen LogP contribution is 2.37. The fourth-order valence-corrected chi connectivity index (χ4v) is 4.57. The number of carbonyl (C=O) groups is 1. The average molecular weight is 562 g/mol. The van der Waals surface area contributed by atoms with Gasteiger partial charge in [-0.1, -0.05) is 47.6 Å². The van der Waals surface area contributed by atoms with Crippen LogP contribution in [0.4, 0.5) is 11.4 Å². The first kappa shape index (κ1) is 31.7. The second-order valence-electron chi connectivity index (χ2n) is 12.8. The van der Waals surface area contributed by atoms with Crippen LogP contribution >= 0.6 is 0 Å². The number of nitrogens with zero attached hydrogens (tertiary/aromatic N) is 3. The van der Waals surface area contributed by atoms with Gasteiger partial charge in [0, 0.05) is 60.0 Å². The summed E-state index contributed by atoms with van der Waals surface area (Å²) in [7, 11) is 3.55. The van der Waals surface area contributed by atoms with Crippen LogP contribution in [0.15, 0.2) is 42.7 Å². The summed E-state index contributed by atoms with van der Waals surface area (Å²) in [5.41, 5.74) is 13.3. The fourth-order valence-electron chi connectivity index (χ4n) is 4.57. The van der Waals surface area contributed by atoms with Crippen LogP contribution in [0.1, 0.15) is 79.8 Å². The third kappa shape index (κ3) is 7.89. The van der Waals surface area contributed by atoms with E-state index in [0.717, 1.165) is 40.2 Å². The molecule has 41 heavy (non-hydrogen) atoms. The largest absolute Gasteiger partial charge is 0.496 e. The van der Waals surface area contributed by atoms with Gasteiger partial charge in [-0.25, -0.2) is 5.84 Å². The molecule has 2 aromatic carbocycles. The van der Waals surface area contributed by atoms with Gasteiger partial charge in [-0.15, -0.1) is 0 Å². The Balaban J connectivity index is 1.92. The number of carbonyl (C=O) groups excluding carboxylic acids is 1. The van der Waals surface area contributed by atoms with Crippen molar-refractivity contribution in [1.29, 1.82) is 0 Å². The Labute approximate surface area is 244 Å². The zero-order valence-corrected chi connectivity index (χ0v) is 26.3. The van der Waals surface area contributed by atoms with Crippen LogP contribution in [-0.4, -0.2) is 29.3 Å². The van der Waals surface area contributed by atoms with E-state index in [1.54, 1.807) is 36.3 Å². The Morgan fingerprint density at radius 2 is 1.80 bits per heavy atom. The second-order valence-corrected chi connectivity index (χ2v) is 12.8. The molecule has 0 aliphatic rings. The number of hydrogen-bond donors (Lipinski definition) is 4. The summed E-state index contributed by atoms with van der Waals surface area (Å²) in [6.45, 7) is 18.3. The highest BCUT2D eigenvalue weighted by molar-refractivity contribution is 6.05. The summed E-state index contributed by atoms with van der Waals surface area (Å²) in [4.78, 5) is 13.5. The first-order valence-electron chi connectivity index (χ1n) is 13.9. The highest BCUT2D eigenvalue weighted by atomic mass is 16.5. The summed E-state index contributed by atoms with van der Waals surface area (Å²) in [6.07, 6.45) is 3.35. The zero-order valence-electron chi connectivity index (χ0n) is 26.3. The molecular formula is C32H47N7O2. The Bertz CT molecular complexity index is 1430. The monoisotopic (exact) mass is 561 g/mol. The van der Waals surface area contributed by atoms with Crippen molar-refractivity contribution in [3.05, 3.63) is 76.2 Å². The maximum atomic E-state index is 13.5. The summed E-state index contributed by atoms with van der Waals surface area (Å²) < 4.78 is 7.62. The molecule has 0 radical (unpaired) electrons. The van der Waals surface area contributed by atoms with Gasteiger partial charge in [0.25, 0.3) is 5.91 Å². The minimum atomic E-state index is -0.238. The van der Waals surface area contributed by atoms with Gasteiger partial charge in [0.1, 0.15) is 5.75 Å². The van der Waals surface area contributed by atoms with Crippen LogP contribution in [0, 0.1) is 19.3 Å². The van der Waals surface area contributed by atoms with Crippen LogP contribution in [-0.2, 0) is 19.0 Å². The molecule has 0 fully saturated rings. The number of aromatic nitrogens is 2. The van der Waals surface area contributed by atoms with E-state index >= 15 is 0 Å². The van der Waals surface area contributed by atoms with Crippen molar-refractivity contribution < 1.29 is 9.53 Å². The molecule has 9 nitrogen and oxygen atoms in total. The molecule has 222 valence electrons. The van der Waals surface area contributed by atoms with Gasteiger partial charge in [-0.3, -0.25) is 14.5 Å². The topological polar surface area (TPSA) is 123 Å². The minimum absolute atomic E-state index is 0.141. The SMILES string of the molecule is COc1c(CNCC(C)(C)C)cc(NC(=O)c2ccc(C)c(N(N)/C=C(\N)c3cnn(C)c3C)c2)cc1C(C)(C)C. The number of ether oxygens (including phenoxy) is 1. The molecule has 0 spiro atoms. The summed E-state index contributed by atoms with van der Waals surface area (Å²) in [5.74, 6) is 7.00. The molecule has 0 saturated carbocycles. The van der Waals surface area contributed by atoms with Crippen molar-refractivity contribution in [1.82, 2.24) is 15.1 Å². The first-order valence-corrected chi connectivity index (χ1v) is 13.9. The van der Waals surface area contributed by atoms with Gasteiger partial charge in [0.2, 0.25) is 0 Å². The number of benzene rings is 2. The number of hydrazine groups is 1. The van der Waals surface area contributed by atoms with E-state index in [1.807, 2.05) is 39.1 Å². The van der Waals surface area contributed by atoms with E-state index in [0.29, 0.717) is 29.2 Å². The molecule has 3 rings (SSSR count). The molecular weight excluding hydrogens is 514 g/mol. The van der Waals surface area contributed by atoms with E-state index in [9.17, 15) is 4.79 Å². The number of nitrogens with two attached hydrogens (primary N) is 2. The van der Waals surface area contributed by atoms with Gasteiger partial charge in [0.15, 0.2) is 0 Å². The molecule has 0 atom stereocenters. The Morgan fingerprint density at radius 3 is 2.37 bits per heavy atom. The quantitative estimate of drug-likeness (QED) is 0.205. The summed E-state index contributed by atoms with van der Waals surface area (Å²) in [6, 6.07) is 9.41. The predicted molar refractivity (Wildman–Crippen MR) is 169 cm³/mol. The summed E-state index contributed by atoms with van der Waals surface area (Å²) in [5, 5.41) is 12.3. The molecule has 0 bridgehead atoms. The third-order valence-corrected chi connectivity index (χ3v) is 6.98.